The molecule has 0 saturated heterocycles. The van der Waals surface area contributed by atoms with Gasteiger partial charge >= 0.3 is 0 Å². The summed E-state index contributed by atoms with van der Waals surface area (Å²) < 4.78 is 2.73. The molecule has 0 fully saturated rings. The first-order chi connectivity index (χ1) is 7.24. The molecule has 0 aliphatic carbocycles. The zero-order chi connectivity index (χ0) is 10.8. The molecule has 0 unspecified atom stereocenters. The third-order valence-corrected chi connectivity index (χ3v) is 2.88. The lowest BCUT2D eigenvalue weighted by molar-refractivity contribution is 0.840. The Labute approximate surface area is 96.5 Å². The van der Waals surface area contributed by atoms with E-state index in [9.17, 15) is 0 Å². The predicted octanol–water partition coefficient (Wildman–Crippen LogP) is 2.38. The van der Waals surface area contributed by atoms with Crippen molar-refractivity contribution in [3.05, 3.63) is 34.8 Å². The normalized spacial score (nSPS) is 10.3. The van der Waals surface area contributed by atoms with Crippen LogP contribution >= 0.6 is 15.9 Å². The Morgan fingerprint density at radius 1 is 1.47 bits per heavy atom. The number of rotatable bonds is 2. The summed E-state index contributed by atoms with van der Waals surface area (Å²) in [6, 6.07) is 3.85. The van der Waals surface area contributed by atoms with Crippen molar-refractivity contribution in [2.45, 2.75) is 6.92 Å². The van der Waals surface area contributed by atoms with Crippen molar-refractivity contribution >= 4 is 21.6 Å². The van der Waals surface area contributed by atoms with Crippen LogP contribution in [-0.4, -0.2) is 21.8 Å². The average molecular weight is 267 g/mol. The third kappa shape index (κ3) is 1.74. The third-order valence-electron chi connectivity index (χ3n) is 2.14. The summed E-state index contributed by atoms with van der Waals surface area (Å²) in [7, 11) is 1.88. The van der Waals surface area contributed by atoms with Gasteiger partial charge in [0.15, 0.2) is 0 Å². The Balaban J connectivity index is 2.55. The Morgan fingerprint density at radius 3 is 2.80 bits per heavy atom. The van der Waals surface area contributed by atoms with E-state index < -0.39 is 0 Å². The highest BCUT2D eigenvalue weighted by Crippen LogP contribution is 2.27. The second kappa shape index (κ2) is 4.02. The van der Waals surface area contributed by atoms with E-state index in [0.29, 0.717) is 0 Å². The van der Waals surface area contributed by atoms with Gasteiger partial charge in [0.25, 0.3) is 0 Å². The van der Waals surface area contributed by atoms with Gasteiger partial charge in [-0.15, -0.1) is 0 Å². The number of hydrogen-bond donors (Lipinski definition) is 1. The van der Waals surface area contributed by atoms with Crippen molar-refractivity contribution in [3.8, 4) is 5.69 Å². The minimum Gasteiger partial charge on any atom is -0.384 e. The molecule has 1 N–H and O–H groups in total. The molecular weight excluding hydrogens is 256 g/mol. The van der Waals surface area contributed by atoms with Crippen LogP contribution in [0.2, 0.25) is 0 Å². The molecule has 15 heavy (non-hydrogen) atoms. The van der Waals surface area contributed by atoms with Gasteiger partial charge in [-0.2, -0.15) is 5.10 Å². The van der Waals surface area contributed by atoms with Gasteiger partial charge in [0, 0.05) is 13.2 Å². The molecule has 2 heterocycles. The average Bonchev–Trinajstić information content (AvgIpc) is 2.55. The highest BCUT2D eigenvalue weighted by Gasteiger charge is 2.12. The van der Waals surface area contributed by atoms with Crippen molar-refractivity contribution in [1.82, 2.24) is 14.8 Å². The maximum atomic E-state index is 4.42. The highest BCUT2D eigenvalue weighted by atomic mass is 79.9. The molecule has 0 aliphatic heterocycles. The van der Waals surface area contributed by atoms with E-state index in [1.54, 1.807) is 12.4 Å². The minimum atomic E-state index is 0.913. The SMILES string of the molecule is CNc1c(C)nn(-c2cccnc2)c1Br. The second-order valence-corrected chi connectivity index (χ2v) is 3.88. The van der Waals surface area contributed by atoms with Gasteiger partial charge in [-0.3, -0.25) is 4.98 Å². The molecule has 0 radical (unpaired) electrons. The summed E-state index contributed by atoms with van der Waals surface area (Å²) in [4.78, 5) is 4.06. The molecule has 0 saturated carbocycles. The lowest BCUT2D eigenvalue weighted by Gasteiger charge is -2.02. The van der Waals surface area contributed by atoms with Crippen molar-refractivity contribution < 1.29 is 0 Å². The van der Waals surface area contributed by atoms with Gasteiger partial charge < -0.3 is 5.32 Å². The van der Waals surface area contributed by atoms with E-state index in [2.05, 4.69) is 31.3 Å². The van der Waals surface area contributed by atoms with Crippen LogP contribution < -0.4 is 5.32 Å². The fourth-order valence-electron chi connectivity index (χ4n) is 1.43. The first-order valence-corrected chi connectivity index (χ1v) is 5.36. The number of hydrogen-bond acceptors (Lipinski definition) is 3. The van der Waals surface area contributed by atoms with Crippen LogP contribution in [0.1, 0.15) is 5.69 Å². The minimum absolute atomic E-state index is 0.913. The van der Waals surface area contributed by atoms with Crippen LogP contribution in [0.25, 0.3) is 5.69 Å². The van der Waals surface area contributed by atoms with Gasteiger partial charge in [0.05, 0.1) is 23.3 Å². The van der Waals surface area contributed by atoms with E-state index >= 15 is 0 Å². The van der Waals surface area contributed by atoms with Gasteiger partial charge in [-0.1, -0.05) is 0 Å². The number of aromatic nitrogens is 3. The molecule has 0 aromatic carbocycles. The highest BCUT2D eigenvalue weighted by molar-refractivity contribution is 9.10. The molecule has 78 valence electrons. The second-order valence-electron chi connectivity index (χ2n) is 3.12. The smallest absolute Gasteiger partial charge is 0.133 e. The molecule has 0 spiro atoms. The van der Waals surface area contributed by atoms with Gasteiger partial charge in [0.1, 0.15) is 4.60 Å². The number of nitrogens with one attached hydrogen (secondary N) is 1. The topological polar surface area (TPSA) is 42.7 Å². The number of aryl methyl sites for hydroxylation is 1. The van der Waals surface area contributed by atoms with Crippen LogP contribution in [-0.2, 0) is 0 Å². The fraction of sp³-hybridized carbons (Fsp3) is 0.200. The van der Waals surface area contributed by atoms with Crippen molar-refractivity contribution in [3.63, 3.8) is 0 Å². The number of anilines is 1. The number of nitrogens with zero attached hydrogens (tertiary/aromatic N) is 3. The fourth-order valence-corrected chi connectivity index (χ4v) is 2.20. The van der Waals surface area contributed by atoms with Gasteiger partial charge in [0.2, 0.25) is 0 Å². The summed E-state index contributed by atoms with van der Waals surface area (Å²) in [5.41, 5.74) is 2.89. The summed E-state index contributed by atoms with van der Waals surface area (Å²) in [5.74, 6) is 0. The molecule has 5 heteroatoms. The lowest BCUT2D eigenvalue weighted by atomic mass is 10.4. The van der Waals surface area contributed by atoms with E-state index in [0.717, 1.165) is 21.7 Å². The molecule has 2 aromatic rings. The van der Waals surface area contributed by atoms with Crippen LogP contribution in [0.15, 0.2) is 29.1 Å². The van der Waals surface area contributed by atoms with E-state index in [-0.39, 0.29) is 0 Å². The van der Waals surface area contributed by atoms with Gasteiger partial charge in [-0.05, 0) is 35.0 Å². The Kier molecular flexibility index (Phi) is 2.73. The van der Waals surface area contributed by atoms with Crippen LogP contribution in [0.3, 0.4) is 0 Å². The summed E-state index contributed by atoms with van der Waals surface area (Å²) >= 11 is 3.51. The van der Waals surface area contributed by atoms with E-state index in [1.165, 1.54) is 0 Å². The largest absolute Gasteiger partial charge is 0.384 e. The standard InChI is InChI=1S/C10H11BrN4/c1-7-9(12-2)10(11)15(14-7)8-4-3-5-13-6-8/h3-6,12H,1-2H3. The van der Waals surface area contributed by atoms with Crippen molar-refractivity contribution in [1.29, 1.82) is 0 Å². The molecule has 4 nitrogen and oxygen atoms in total. The molecule has 2 rings (SSSR count). The summed E-state index contributed by atoms with van der Waals surface area (Å²) in [5, 5.41) is 7.52. The first-order valence-electron chi connectivity index (χ1n) is 4.57. The molecule has 0 aliphatic rings. The zero-order valence-corrected chi connectivity index (χ0v) is 10.1. The van der Waals surface area contributed by atoms with E-state index in [1.807, 2.05) is 30.8 Å². The quantitative estimate of drug-likeness (QED) is 0.908. The predicted molar refractivity (Wildman–Crippen MR) is 63.3 cm³/mol. The van der Waals surface area contributed by atoms with Crippen LogP contribution in [0.4, 0.5) is 5.69 Å². The monoisotopic (exact) mass is 266 g/mol. The number of pyridine rings is 1. The summed E-state index contributed by atoms with van der Waals surface area (Å²) in [6.45, 7) is 1.96. The number of halogens is 1. The maximum Gasteiger partial charge on any atom is 0.133 e. The van der Waals surface area contributed by atoms with E-state index in [4.69, 9.17) is 0 Å². The maximum absolute atomic E-state index is 4.42. The Hall–Kier alpha value is -1.36. The van der Waals surface area contributed by atoms with Gasteiger partial charge in [-0.25, -0.2) is 4.68 Å². The Morgan fingerprint density at radius 2 is 2.27 bits per heavy atom. The lowest BCUT2D eigenvalue weighted by Crippen LogP contribution is -1.97. The molecule has 2 aromatic heterocycles. The molecule has 0 amide bonds. The zero-order valence-electron chi connectivity index (χ0n) is 8.53. The molecule has 0 bridgehead atoms. The molecule has 0 atom stereocenters. The van der Waals surface area contributed by atoms with Crippen LogP contribution in [0.5, 0.6) is 0 Å². The summed E-state index contributed by atoms with van der Waals surface area (Å²) in [6.07, 6.45) is 3.52. The van der Waals surface area contributed by atoms with Crippen molar-refractivity contribution in [2.24, 2.45) is 0 Å². The molecular formula is C10H11BrN4. The Bertz CT molecular complexity index is 464. The first kappa shape index (κ1) is 10.2. The van der Waals surface area contributed by atoms with Crippen LogP contribution in [0, 0.1) is 6.92 Å². The van der Waals surface area contributed by atoms with Crippen molar-refractivity contribution in [2.75, 3.05) is 12.4 Å².